The minimum absolute atomic E-state index is 0.398. The maximum atomic E-state index is 8.99. The van der Waals surface area contributed by atoms with Gasteiger partial charge in [-0.2, -0.15) is 5.26 Å². The molecule has 4 rings (SSSR count). The number of nitrogens with zero attached hydrogens (tertiary/aromatic N) is 4. The quantitative estimate of drug-likeness (QED) is 0.577. The summed E-state index contributed by atoms with van der Waals surface area (Å²) in [6.07, 6.45) is 7.03. The van der Waals surface area contributed by atoms with Gasteiger partial charge in [0.1, 0.15) is 17.4 Å². The molecule has 0 aliphatic carbocycles. The lowest BCUT2D eigenvalue weighted by atomic mass is 10.1. The molecule has 1 N–H and O–H groups in total. The molecule has 0 aliphatic rings. The number of nitriles is 1. The van der Waals surface area contributed by atoms with Crippen molar-refractivity contribution in [2.45, 2.75) is 0 Å². The Morgan fingerprint density at radius 3 is 2.76 bits per heavy atom. The molecule has 5 heteroatoms. The van der Waals surface area contributed by atoms with E-state index < -0.39 is 0 Å². The van der Waals surface area contributed by atoms with Crippen LogP contribution in [-0.4, -0.2) is 19.9 Å². The average molecular weight is 271 g/mol. The first-order valence-corrected chi connectivity index (χ1v) is 6.43. The first-order valence-electron chi connectivity index (χ1n) is 6.43. The standard InChI is InChI=1S/C16H9N5/c17-6-12-5-13-14-4-11(10-2-1-3-18-7-10)8-20-16(14)21-15(13)9-19-12/h1-5,7-9H,(H,20,21). The highest BCUT2D eigenvalue weighted by molar-refractivity contribution is 6.06. The third-order valence-corrected chi connectivity index (χ3v) is 3.44. The van der Waals surface area contributed by atoms with Crippen LogP contribution in [0.1, 0.15) is 5.69 Å². The molecule has 0 saturated carbocycles. The number of pyridine rings is 3. The summed E-state index contributed by atoms with van der Waals surface area (Å²) < 4.78 is 0. The molecule has 4 heterocycles. The summed E-state index contributed by atoms with van der Waals surface area (Å²) in [6.45, 7) is 0. The molecule has 0 spiro atoms. The fourth-order valence-electron chi connectivity index (χ4n) is 2.43. The lowest BCUT2D eigenvalue weighted by molar-refractivity contribution is 1.27. The molecule has 0 aliphatic heterocycles. The molecule has 0 amide bonds. The van der Waals surface area contributed by atoms with Crippen LogP contribution in [0, 0.1) is 11.3 Å². The van der Waals surface area contributed by atoms with Crippen molar-refractivity contribution in [2.75, 3.05) is 0 Å². The van der Waals surface area contributed by atoms with Crippen molar-refractivity contribution in [3.63, 3.8) is 0 Å². The van der Waals surface area contributed by atoms with E-state index in [0.29, 0.717) is 5.69 Å². The van der Waals surface area contributed by atoms with Crippen molar-refractivity contribution in [3.8, 4) is 17.2 Å². The molecule has 0 radical (unpaired) electrons. The maximum Gasteiger partial charge on any atom is 0.141 e. The van der Waals surface area contributed by atoms with E-state index in [1.54, 1.807) is 24.7 Å². The first-order chi connectivity index (χ1) is 10.3. The Balaban J connectivity index is 2.02. The number of rotatable bonds is 1. The summed E-state index contributed by atoms with van der Waals surface area (Å²) in [7, 11) is 0. The van der Waals surface area contributed by atoms with Crippen LogP contribution in [0.4, 0.5) is 0 Å². The van der Waals surface area contributed by atoms with Gasteiger partial charge in [-0.1, -0.05) is 6.07 Å². The van der Waals surface area contributed by atoms with Gasteiger partial charge in [0.05, 0.1) is 11.7 Å². The van der Waals surface area contributed by atoms with Gasteiger partial charge in [-0.3, -0.25) is 4.98 Å². The predicted molar refractivity (Wildman–Crippen MR) is 79.3 cm³/mol. The molecular formula is C16H9N5. The summed E-state index contributed by atoms with van der Waals surface area (Å²) in [6, 6.07) is 9.79. The molecule has 0 bridgehead atoms. The molecule has 98 valence electrons. The first kappa shape index (κ1) is 11.6. The molecule has 21 heavy (non-hydrogen) atoms. The minimum Gasteiger partial charge on any atom is -0.338 e. The topological polar surface area (TPSA) is 78.2 Å². The van der Waals surface area contributed by atoms with E-state index in [4.69, 9.17) is 5.26 Å². The van der Waals surface area contributed by atoms with Crippen LogP contribution in [0.15, 0.2) is 49.1 Å². The number of aromatic amines is 1. The van der Waals surface area contributed by atoms with Gasteiger partial charge in [0.25, 0.3) is 0 Å². The highest BCUT2D eigenvalue weighted by Gasteiger charge is 2.08. The van der Waals surface area contributed by atoms with Crippen LogP contribution in [0.5, 0.6) is 0 Å². The fourth-order valence-corrected chi connectivity index (χ4v) is 2.43. The number of fused-ring (bicyclic) bond motifs is 3. The van der Waals surface area contributed by atoms with Crippen LogP contribution in [0.3, 0.4) is 0 Å². The second kappa shape index (κ2) is 4.39. The lowest BCUT2D eigenvalue weighted by Gasteiger charge is -2.00. The normalized spacial score (nSPS) is 10.8. The molecule has 4 aromatic rings. The monoisotopic (exact) mass is 271 g/mol. The van der Waals surface area contributed by atoms with Crippen molar-refractivity contribution >= 4 is 21.9 Å². The number of H-pyrrole nitrogens is 1. The minimum atomic E-state index is 0.398. The molecule has 0 atom stereocenters. The Labute approximate surface area is 119 Å². The molecular weight excluding hydrogens is 262 g/mol. The summed E-state index contributed by atoms with van der Waals surface area (Å²) in [5.41, 5.74) is 4.06. The number of nitrogens with one attached hydrogen (secondary N) is 1. The second-order valence-electron chi connectivity index (χ2n) is 4.71. The summed E-state index contributed by atoms with van der Waals surface area (Å²) in [5, 5.41) is 10.9. The molecule has 0 fully saturated rings. The van der Waals surface area contributed by atoms with E-state index in [1.165, 1.54) is 0 Å². The highest BCUT2D eigenvalue weighted by Crippen LogP contribution is 2.28. The Kier molecular flexibility index (Phi) is 2.42. The van der Waals surface area contributed by atoms with Crippen LogP contribution in [-0.2, 0) is 0 Å². The Bertz CT molecular complexity index is 996. The largest absolute Gasteiger partial charge is 0.338 e. The van der Waals surface area contributed by atoms with Crippen molar-refractivity contribution in [1.29, 1.82) is 5.26 Å². The van der Waals surface area contributed by atoms with E-state index >= 15 is 0 Å². The zero-order chi connectivity index (χ0) is 14.2. The van der Waals surface area contributed by atoms with Crippen molar-refractivity contribution in [1.82, 2.24) is 19.9 Å². The number of hydrogen-bond acceptors (Lipinski definition) is 4. The molecule has 4 aromatic heterocycles. The van der Waals surface area contributed by atoms with Gasteiger partial charge in [-0.05, 0) is 18.2 Å². The van der Waals surface area contributed by atoms with Gasteiger partial charge < -0.3 is 4.98 Å². The molecule has 5 nitrogen and oxygen atoms in total. The van der Waals surface area contributed by atoms with Gasteiger partial charge in [0.15, 0.2) is 0 Å². The summed E-state index contributed by atoms with van der Waals surface area (Å²) in [5.74, 6) is 0. The van der Waals surface area contributed by atoms with E-state index in [2.05, 4.69) is 32.1 Å². The van der Waals surface area contributed by atoms with Crippen LogP contribution >= 0.6 is 0 Å². The SMILES string of the molecule is N#Cc1cc2c(cn1)[nH]c1ncc(-c3cccnc3)cc12. The van der Waals surface area contributed by atoms with Gasteiger partial charge in [0.2, 0.25) is 0 Å². The number of aromatic nitrogens is 4. The third kappa shape index (κ3) is 1.82. The zero-order valence-corrected chi connectivity index (χ0v) is 10.9. The van der Waals surface area contributed by atoms with Crippen molar-refractivity contribution in [2.24, 2.45) is 0 Å². The van der Waals surface area contributed by atoms with Gasteiger partial charge >= 0.3 is 0 Å². The van der Waals surface area contributed by atoms with Gasteiger partial charge in [-0.25, -0.2) is 9.97 Å². The summed E-state index contributed by atoms with van der Waals surface area (Å²) >= 11 is 0. The van der Waals surface area contributed by atoms with E-state index in [1.807, 2.05) is 18.3 Å². The van der Waals surface area contributed by atoms with Crippen molar-refractivity contribution in [3.05, 3.63) is 54.7 Å². The third-order valence-electron chi connectivity index (χ3n) is 3.44. The molecule has 0 unspecified atom stereocenters. The van der Waals surface area contributed by atoms with Crippen LogP contribution in [0.25, 0.3) is 33.1 Å². The fraction of sp³-hybridized carbons (Fsp3) is 0. The predicted octanol–water partition coefficient (Wildman–Crippen LogP) is 3.04. The lowest BCUT2D eigenvalue weighted by Crippen LogP contribution is -1.82. The van der Waals surface area contributed by atoms with E-state index in [-0.39, 0.29) is 0 Å². The van der Waals surface area contributed by atoms with Gasteiger partial charge in [-0.15, -0.1) is 0 Å². The molecule has 0 aromatic carbocycles. The zero-order valence-electron chi connectivity index (χ0n) is 10.9. The van der Waals surface area contributed by atoms with Crippen LogP contribution < -0.4 is 0 Å². The smallest absolute Gasteiger partial charge is 0.141 e. The second-order valence-corrected chi connectivity index (χ2v) is 4.71. The van der Waals surface area contributed by atoms with Crippen molar-refractivity contribution < 1.29 is 0 Å². The molecule has 0 saturated heterocycles. The average Bonchev–Trinajstić information content (AvgIpc) is 2.92. The highest BCUT2D eigenvalue weighted by atomic mass is 14.9. The van der Waals surface area contributed by atoms with Crippen LogP contribution in [0.2, 0.25) is 0 Å². The maximum absolute atomic E-state index is 8.99. The number of hydrogen-bond donors (Lipinski definition) is 1. The Hall–Kier alpha value is -3.26. The summed E-state index contributed by atoms with van der Waals surface area (Å²) in [4.78, 5) is 15.9. The van der Waals surface area contributed by atoms with Gasteiger partial charge in [0, 0.05) is 40.5 Å². The Morgan fingerprint density at radius 2 is 1.95 bits per heavy atom. The van der Waals surface area contributed by atoms with E-state index in [9.17, 15) is 0 Å². The Morgan fingerprint density at radius 1 is 1.00 bits per heavy atom. The van der Waals surface area contributed by atoms with E-state index in [0.717, 1.165) is 33.1 Å².